The van der Waals surface area contributed by atoms with Gasteiger partial charge in [0.25, 0.3) is 0 Å². The first-order chi connectivity index (χ1) is 9.04. The molecule has 1 heterocycles. The van der Waals surface area contributed by atoms with Gasteiger partial charge in [-0.2, -0.15) is 4.99 Å². The highest BCUT2D eigenvalue weighted by Gasteiger charge is 2.36. The number of amides is 2. The van der Waals surface area contributed by atoms with Gasteiger partial charge >= 0.3 is 6.03 Å². The molecule has 5 heteroatoms. The van der Waals surface area contributed by atoms with Crippen molar-refractivity contribution in [3.8, 4) is 5.75 Å². The zero-order valence-electron chi connectivity index (χ0n) is 11.5. The van der Waals surface area contributed by atoms with Crippen LogP contribution in [0.1, 0.15) is 32.4 Å². The maximum absolute atomic E-state index is 11.8. The molecule has 1 aliphatic heterocycles. The van der Waals surface area contributed by atoms with Crippen molar-refractivity contribution in [1.29, 1.82) is 0 Å². The van der Waals surface area contributed by atoms with E-state index in [9.17, 15) is 4.79 Å². The summed E-state index contributed by atoms with van der Waals surface area (Å²) in [5.74, 6) is 1.16. The summed E-state index contributed by atoms with van der Waals surface area (Å²) in [4.78, 5) is 17.4. The van der Waals surface area contributed by atoms with Crippen LogP contribution in [0.25, 0.3) is 0 Å². The number of amidine groups is 1. The number of nitrogens with zero attached hydrogens (tertiary/aromatic N) is 2. The number of ether oxygens (including phenoxy) is 1. The highest BCUT2D eigenvalue weighted by molar-refractivity contribution is 6.03. The zero-order chi connectivity index (χ0) is 14.0. The molecule has 2 N–H and O–H groups in total. The molecule has 102 valence electrons. The number of urea groups is 1. The molecular weight excluding hydrogens is 242 g/mol. The Kier molecular flexibility index (Phi) is 3.74. The third-order valence-electron chi connectivity index (χ3n) is 3.07. The molecule has 1 unspecified atom stereocenters. The molecule has 0 fully saturated rings. The van der Waals surface area contributed by atoms with Gasteiger partial charge in [-0.1, -0.05) is 12.1 Å². The van der Waals surface area contributed by atoms with Crippen LogP contribution in [-0.4, -0.2) is 29.4 Å². The summed E-state index contributed by atoms with van der Waals surface area (Å²) >= 11 is 0. The first-order valence-corrected chi connectivity index (χ1v) is 6.43. The Labute approximate surface area is 113 Å². The zero-order valence-corrected chi connectivity index (χ0v) is 11.5. The second kappa shape index (κ2) is 5.30. The summed E-state index contributed by atoms with van der Waals surface area (Å²) < 4.78 is 5.40. The summed E-state index contributed by atoms with van der Waals surface area (Å²) in [5, 5.41) is 0. The molecule has 0 radical (unpaired) electrons. The van der Waals surface area contributed by atoms with Crippen molar-refractivity contribution in [3.63, 3.8) is 0 Å². The third kappa shape index (κ3) is 2.54. The Morgan fingerprint density at radius 1 is 1.37 bits per heavy atom. The largest absolute Gasteiger partial charge is 0.494 e. The summed E-state index contributed by atoms with van der Waals surface area (Å²) in [7, 11) is 0. The molecule has 1 aromatic rings. The van der Waals surface area contributed by atoms with Crippen LogP contribution in [0.2, 0.25) is 0 Å². The first-order valence-electron chi connectivity index (χ1n) is 6.43. The van der Waals surface area contributed by atoms with E-state index in [0.29, 0.717) is 12.4 Å². The average molecular weight is 261 g/mol. The molecule has 0 saturated heterocycles. The van der Waals surface area contributed by atoms with Crippen LogP contribution in [0, 0.1) is 0 Å². The van der Waals surface area contributed by atoms with E-state index in [0.717, 1.165) is 11.3 Å². The van der Waals surface area contributed by atoms with E-state index < -0.39 is 0 Å². The molecule has 2 amide bonds. The Balaban J connectivity index is 2.28. The SMILES string of the molecule is CCOc1ccc(C2C(N)=NC(=O)N2C(C)C)cc1. The second-order valence-electron chi connectivity index (χ2n) is 4.72. The van der Waals surface area contributed by atoms with Gasteiger partial charge < -0.3 is 15.4 Å². The smallest absolute Gasteiger partial charge is 0.346 e. The predicted octanol–water partition coefficient (Wildman–Crippen LogP) is 2.33. The molecule has 0 saturated carbocycles. The maximum atomic E-state index is 11.8. The lowest BCUT2D eigenvalue weighted by Crippen LogP contribution is -2.38. The number of benzene rings is 1. The topological polar surface area (TPSA) is 67.9 Å². The number of hydrogen-bond acceptors (Lipinski definition) is 3. The fourth-order valence-electron chi connectivity index (χ4n) is 2.25. The van der Waals surface area contributed by atoms with Gasteiger partial charge in [0.05, 0.1) is 6.61 Å². The minimum Gasteiger partial charge on any atom is -0.494 e. The third-order valence-corrected chi connectivity index (χ3v) is 3.07. The molecule has 19 heavy (non-hydrogen) atoms. The van der Waals surface area contributed by atoms with Crippen LogP contribution in [0.4, 0.5) is 4.79 Å². The number of rotatable bonds is 4. The molecule has 1 aromatic carbocycles. The van der Waals surface area contributed by atoms with Gasteiger partial charge in [0, 0.05) is 6.04 Å². The van der Waals surface area contributed by atoms with Gasteiger partial charge in [-0.15, -0.1) is 0 Å². The van der Waals surface area contributed by atoms with Crippen molar-refractivity contribution in [1.82, 2.24) is 4.90 Å². The van der Waals surface area contributed by atoms with Gasteiger partial charge in [-0.05, 0) is 38.5 Å². The molecule has 0 spiro atoms. The number of aliphatic imine (C=N–C) groups is 1. The lowest BCUT2D eigenvalue weighted by molar-refractivity contribution is 0.190. The van der Waals surface area contributed by atoms with Gasteiger partial charge in [0.15, 0.2) is 0 Å². The molecule has 0 aliphatic carbocycles. The summed E-state index contributed by atoms with van der Waals surface area (Å²) in [6, 6.07) is 7.11. The van der Waals surface area contributed by atoms with E-state index >= 15 is 0 Å². The first kappa shape index (κ1) is 13.4. The van der Waals surface area contributed by atoms with Crippen molar-refractivity contribution < 1.29 is 9.53 Å². The van der Waals surface area contributed by atoms with Crippen molar-refractivity contribution >= 4 is 11.9 Å². The Morgan fingerprint density at radius 2 is 2.00 bits per heavy atom. The fraction of sp³-hybridized carbons (Fsp3) is 0.429. The molecule has 1 atom stereocenters. The molecule has 5 nitrogen and oxygen atoms in total. The van der Waals surface area contributed by atoms with Crippen LogP contribution in [0.3, 0.4) is 0 Å². The normalized spacial score (nSPS) is 18.9. The lowest BCUT2D eigenvalue weighted by atomic mass is 10.0. The maximum Gasteiger partial charge on any atom is 0.346 e. The number of carbonyl (C=O) groups excluding carboxylic acids is 1. The number of hydrogen-bond donors (Lipinski definition) is 1. The quantitative estimate of drug-likeness (QED) is 0.904. The molecule has 1 aliphatic rings. The van der Waals surface area contributed by atoms with Gasteiger partial charge in [-0.3, -0.25) is 0 Å². The summed E-state index contributed by atoms with van der Waals surface area (Å²) in [5.41, 5.74) is 6.83. The van der Waals surface area contributed by atoms with Gasteiger partial charge in [0.2, 0.25) is 0 Å². The minimum absolute atomic E-state index is 0.0499. The van der Waals surface area contributed by atoms with Crippen LogP contribution >= 0.6 is 0 Å². The lowest BCUT2D eigenvalue weighted by Gasteiger charge is -2.28. The highest BCUT2D eigenvalue weighted by Crippen LogP contribution is 2.29. The van der Waals surface area contributed by atoms with Crippen molar-refractivity contribution in [2.45, 2.75) is 32.9 Å². The standard InChI is InChI=1S/C14H19N3O2/c1-4-19-11-7-5-10(6-8-11)12-13(15)16-14(18)17(12)9(2)3/h5-9,12H,4H2,1-3H3,(H2,15,16,18). The minimum atomic E-state index is -0.275. The van der Waals surface area contributed by atoms with Gasteiger partial charge in [0.1, 0.15) is 17.6 Å². The summed E-state index contributed by atoms with van der Waals surface area (Å²) in [6.45, 7) is 6.47. The Morgan fingerprint density at radius 3 is 2.53 bits per heavy atom. The van der Waals surface area contributed by atoms with Crippen molar-refractivity contribution in [2.24, 2.45) is 10.7 Å². The fourth-order valence-corrected chi connectivity index (χ4v) is 2.25. The van der Waals surface area contributed by atoms with Crippen molar-refractivity contribution in [2.75, 3.05) is 6.61 Å². The van der Waals surface area contributed by atoms with E-state index in [2.05, 4.69) is 4.99 Å². The molecule has 2 rings (SSSR count). The monoisotopic (exact) mass is 261 g/mol. The van der Waals surface area contributed by atoms with E-state index in [1.807, 2.05) is 45.0 Å². The van der Waals surface area contributed by atoms with Crippen LogP contribution in [0.5, 0.6) is 5.75 Å². The highest BCUT2D eigenvalue weighted by atomic mass is 16.5. The number of carbonyl (C=O) groups is 1. The molecular formula is C14H19N3O2. The van der Waals surface area contributed by atoms with Gasteiger partial charge in [-0.25, -0.2) is 4.79 Å². The van der Waals surface area contributed by atoms with Crippen LogP contribution in [0.15, 0.2) is 29.3 Å². The van der Waals surface area contributed by atoms with Crippen LogP contribution < -0.4 is 10.5 Å². The van der Waals surface area contributed by atoms with E-state index in [1.54, 1.807) is 4.90 Å². The van der Waals surface area contributed by atoms with E-state index in [4.69, 9.17) is 10.5 Å². The Bertz CT molecular complexity index is 494. The van der Waals surface area contributed by atoms with E-state index in [1.165, 1.54) is 0 Å². The van der Waals surface area contributed by atoms with E-state index in [-0.39, 0.29) is 18.1 Å². The van der Waals surface area contributed by atoms with Crippen LogP contribution in [-0.2, 0) is 0 Å². The second-order valence-corrected chi connectivity index (χ2v) is 4.72. The molecule has 0 bridgehead atoms. The Hall–Kier alpha value is -2.04. The average Bonchev–Trinajstić information content (AvgIpc) is 2.66. The number of nitrogens with two attached hydrogens (primary N) is 1. The molecule has 0 aromatic heterocycles. The predicted molar refractivity (Wildman–Crippen MR) is 74.3 cm³/mol. The van der Waals surface area contributed by atoms with Crippen molar-refractivity contribution in [3.05, 3.63) is 29.8 Å². The summed E-state index contributed by atoms with van der Waals surface area (Å²) in [6.07, 6.45) is 0.